The Balaban J connectivity index is 2.13. The first-order chi connectivity index (χ1) is 10.5. The molecule has 1 aromatic carbocycles. The number of thiazole rings is 1. The maximum Gasteiger partial charge on any atom is 0.326 e. The van der Waals surface area contributed by atoms with Gasteiger partial charge < -0.3 is 15.2 Å². The summed E-state index contributed by atoms with van der Waals surface area (Å²) in [4.78, 5) is 27.6. The monoisotopic (exact) mass is 320 g/mol. The van der Waals surface area contributed by atoms with Gasteiger partial charge in [0, 0.05) is 5.56 Å². The molecule has 0 aliphatic carbocycles. The minimum absolute atomic E-state index is 0.325. The van der Waals surface area contributed by atoms with E-state index in [0.29, 0.717) is 16.3 Å². The normalized spacial score (nSPS) is 11.7. The Kier molecular flexibility index (Phi) is 5.11. The third-order valence-corrected chi connectivity index (χ3v) is 4.12. The molecule has 1 aromatic heterocycles. The third-order valence-electron chi connectivity index (χ3n) is 3.08. The van der Waals surface area contributed by atoms with Crippen molar-refractivity contribution in [1.29, 1.82) is 0 Å². The van der Waals surface area contributed by atoms with E-state index in [4.69, 9.17) is 9.84 Å². The molecule has 0 aliphatic heterocycles. The summed E-state index contributed by atoms with van der Waals surface area (Å²) in [6, 6.07) is 6.44. The topological polar surface area (TPSA) is 88.5 Å². The van der Waals surface area contributed by atoms with E-state index in [1.165, 1.54) is 17.5 Å². The molecule has 2 rings (SSSR count). The summed E-state index contributed by atoms with van der Waals surface area (Å²) < 4.78 is 5.09. The van der Waals surface area contributed by atoms with Crippen LogP contribution in [0.4, 0.5) is 0 Å². The van der Waals surface area contributed by atoms with Crippen LogP contribution >= 0.6 is 11.3 Å². The first-order valence-electron chi connectivity index (χ1n) is 6.69. The highest BCUT2D eigenvalue weighted by Crippen LogP contribution is 2.26. The fourth-order valence-electron chi connectivity index (χ4n) is 1.81. The highest BCUT2D eigenvalue weighted by molar-refractivity contribution is 7.16. The zero-order chi connectivity index (χ0) is 16.1. The standard InChI is InChI=1S/C15H16N2O4S/c1-3-11(15(19)20)17-13(18)12-8-16-14(22-12)9-4-6-10(21-2)7-5-9/h4-8,11H,3H2,1-2H3,(H,17,18)(H,19,20). The zero-order valence-electron chi connectivity index (χ0n) is 12.2. The van der Waals surface area contributed by atoms with E-state index < -0.39 is 17.9 Å². The number of aliphatic carboxylic acids is 1. The first-order valence-corrected chi connectivity index (χ1v) is 7.50. The zero-order valence-corrected chi connectivity index (χ0v) is 13.0. The van der Waals surface area contributed by atoms with E-state index in [-0.39, 0.29) is 0 Å². The summed E-state index contributed by atoms with van der Waals surface area (Å²) in [5, 5.41) is 12.1. The Hall–Kier alpha value is -2.41. The van der Waals surface area contributed by atoms with Gasteiger partial charge in [-0.15, -0.1) is 11.3 Å². The van der Waals surface area contributed by atoms with Crippen molar-refractivity contribution in [3.05, 3.63) is 35.3 Å². The average molecular weight is 320 g/mol. The van der Waals surface area contributed by atoms with Crippen molar-refractivity contribution in [2.24, 2.45) is 0 Å². The van der Waals surface area contributed by atoms with Gasteiger partial charge in [0.15, 0.2) is 0 Å². The van der Waals surface area contributed by atoms with Crippen molar-refractivity contribution < 1.29 is 19.4 Å². The van der Waals surface area contributed by atoms with Crippen LogP contribution in [0, 0.1) is 0 Å². The molecule has 116 valence electrons. The lowest BCUT2D eigenvalue weighted by atomic mass is 10.2. The van der Waals surface area contributed by atoms with E-state index in [2.05, 4.69) is 10.3 Å². The summed E-state index contributed by atoms with van der Waals surface area (Å²) in [5.74, 6) is -0.729. The van der Waals surface area contributed by atoms with Gasteiger partial charge in [-0.2, -0.15) is 0 Å². The van der Waals surface area contributed by atoms with E-state index >= 15 is 0 Å². The fourth-order valence-corrected chi connectivity index (χ4v) is 2.64. The number of ether oxygens (including phenoxy) is 1. The summed E-state index contributed by atoms with van der Waals surface area (Å²) in [6.45, 7) is 1.70. The van der Waals surface area contributed by atoms with Crippen molar-refractivity contribution in [2.75, 3.05) is 7.11 Å². The van der Waals surface area contributed by atoms with Crippen LogP contribution in [0.1, 0.15) is 23.0 Å². The van der Waals surface area contributed by atoms with Crippen LogP contribution in [0.2, 0.25) is 0 Å². The van der Waals surface area contributed by atoms with Gasteiger partial charge in [-0.05, 0) is 30.7 Å². The predicted octanol–water partition coefficient (Wildman–Crippen LogP) is 2.41. The molecule has 1 unspecified atom stereocenters. The number of nitrogens with one attached hydrogen (secondary N) is 1. The van der Waals surface area contributed by atoms with Crippen molar-refractivity contribution in [1.82, 2.24) is 10.3 Å². The van der Waals surface area contributed by atoms with Gasteiger partial charge in [-0.25, -0.2) is 9.78 Å². The number of carboxylic acid groups (broad SMARTS) is 1. The van der Waals surface area contributed by atoms with E-state index in [1.807, 2.05) is 24.3 Å². The molecule has 0 fully saturated rings. The Morgan fingerprint density at radius 2 is 2.05 bits per heavy atom. The number of hydrogen-bond donors (Lipinski definition) is 2. The Bertz CT molecular complexity index is 666. The van der Waals surface area contributed by atoms with E-state index in [0.717, 1.165) is 11.3 Å². The minimum atomic E-state index is -1.05. The highest BCUT2D eigenvalue weighted by atomic mass is 32.1. The number of carboxylic acids is 1. The van der Waals surface area contributed by atoms with Gasteiger partial charge in [0.1, 0.15) is 21.7 Å². The van der Waals surface area contributed by atoms with Crippen LogP contribution in [0.15, 0.2) is 30.5 Å². The van der Waals surface area contributed by atoms with Crippen LogP contribution < -0.4 is 10.1 Å². The molecule has 1 heterocycles. The van der Waals surface area contributed by atoms with Gasteiger partial charge in [0.25, 0.3) is 5.91 Å². The second kappa shape index (κ2) is 7.04. The molecule has 2 N–H and O–H groups in total. The van der Waals surface area contributed by atoms with Crippen molar-refractivity contribution in [3.8, 4) is 16.3 Å². The van der Waals surface area contributed by atoms with Gasteiger partial charge in [0.05, 0.1) is 13.3 Å². The number of amides is 1. The molecule has 1 atom stereocenters. The molecule has 2 aromatic rings. The molecule has 1 amide bonds. The smallest absolute Gasteiger partial charge is 0.326 e. The molecule has 0 aliphatic rings. The largest absolute Gasteiger partial charge is 0.497 e. The second-order valence-electron chi connectivity index (χ2n) is 4.53. The van der Waals surface area contributed by atoms with Gasteiger partial charge >= 0.3 is 5.97 Å². The highest BCUT2D eigenvalue weighted by Gasteiger charge is 2.20. The van der Waals surface area contributed by atoms with Gasteiger partial charge in [-0.1, -0.05) is 6.92 Å². The SMILES string of the molecule is CCC(NC(=O)c1cnc(-c2ccc(OC)cc2)s1)C(=O)O. The number of nitrogens with zero attached hydrogens (tertiary/aromatic N) is 1. The first kappa shape index (κ1) is 16.0. The molecule has 22 heavy (non-hydrogen) atoms. The molecular formula is C15H16N2O4S. The number of methoxy groups -OCH3 is 1. The number of hydrogen-bond acceptors (Lipinski definition) is 5. The Labute approximate surface area is 131 Å². The van der Waals surface area contributed by atoms with Crippen LogP contribution in [-0.4, -0.2) is 35.1 Å². The van der Waals surface area contributed by atoms with Crippen molar-refractivity contribution in [3.63, 3.8) is 0 Å². The molecule has 0 radical (unpaired) electrons. The number of carbonyl (C=O) groups is 2. The van der Waals surface area contributed by atoms with E-state index in [1.54, 1.807) is 14.0 Å². The number of benzene rings is 1. The van der Waals surface area contributed by atoms with Crippen LogP contribution in [0.5, 0.6) is 5.75 Å². The van der Waals surface area contributed by atoms with Gasteiger partial charge in [-0.3, -0.25) is 4.79 Å². The van der Waals surface area contributed by atoms with Crippen molar-refractivity contribution in [2.45, 2.75) is 19.4 Å². The quantitative estimate of drug-likeness (QED) is 0.853. The third kappa shape index (κ3) is 3.62. The number of aromatic nitrogens is 1. The maximum absolute atomic E-state index is 12.0. The molecule has 0 spiro atoms. The van der Waals surface area contributed by atoms with Crippen LogP contribution in [0.25, 0.3) is 10.6 Å². The second-order valence-corrected chi connectivity index (χ2v) is 5.56. The Morgan fingerprint density at radius 3 is 2.59 bits per heavy atom. The molecular weight excluding hydrogens is 304 g/mol. The Morgan fingerprint density at radius 1 is 1.36 bits per heavy atom. The lowest BCUT2D eigenvalue weighted by Crippen LogP contribution is -2.39. The lowest BCUT2D eigenvalue weighted by Gasteiger charge is -2.10. The van der Waals surface area contributed by atoms with Gasteiger partial charge in [0.2, 0.25) is 0 Å². The molecule has 0 saturated heterocycles. The number of carbonyl (C=O) groups excluding carboxylic acids is 1. The summed E-state index contributed by atoms with van der Waals surface area (Å²) in [6.07, 6.45) is 1.78. The molecule has 0 bridgehead atoms. The predicted molar refractivity (Wildman–Crippen MR) is 83.3 cm³/mol. The minimum Gasteiger partial charge on any atom is -0.497 e. The average Bonchev–Trinajstić information content (AvgIpc) is 3.02. The molecule has 7 heteroatoms. The van der Waals surface area contributed by atoms with Crippen molar-refractivity contribution >= 4 is 23.2 Å². The van der Waals surface area contributed by atoms with E-state index in [9.17, 15) is 9.59 Å². The number of rotatable bonds is 6. The maximum atomic E-state index is 12.0. The summed E-state index contributed by atoms with van der Waals surface area (Å²) in [5.41, 5.74) is 0.870. The summed E-state index contributed by atoms with van der Waals surface area (Å²) in [7, 11) is 1.59. The lowest BCUT2D eigenvalue weighted by molar-refractivity contribution is -0.139. The molecule has 6 nitrogen and oxygen atoms in total. The molecule has 0 saturated carbocycles. The fraction of sp³-hybridized carbons (Fsp3) is 0.267. The van der Waals surface area contributed by atoms with Crippen LogP contribution in [0.3, 0.4) is 0 Å². The summed E-state index contributed by atoms with van der Waals surface area (Å²) >= 11 is 1.21. The van der Waals surface area contributed by atoms with Crippen LogP contribution in [-0.2, 0) is 4.79 Å².